The van der Waals surface area contributed by atoms with Crippen molar-refractivity contribution in [1.82, 2.24) is 16.1 Å². The second kappa shape index (κ2) is 8.05. The van der Waals surface area contributed by atoms with Gasteiger partial charge in [-0.05, 0) is 20.3 Å². The highest BCUT2D eigenvalue weighted by molar-refractivity contribution is 5.88. The van der Waals surface area contributed by atoms with Gasteiger partial charge in [-0.25, -0.2) is 5.84 Å². The van der Waals surface area contributed by atoms with E-state index < -0.39 is 0 Å². The van der Waals surface area contributed by atoms with Crippen LogP contribution in [0.3, 0.4) is 0 Å². The van der Waals surface area contributed by atoms with Crippen LogP contribution in [-0.4, -0.2) is 31.0 Å². The Kier molecular flexibility index (Phi) is 7.35. The lowest BCUT2D eigenvalue weighted by Gasteiger charge is -2.15. The second-order valence-electron chi connectivity index (χ2n) is 3.14. The van der Waals surface area contributed by atoms with Gasteiger partial charge >= 0.3 is 0 Å². The summed E-state index contributed by atoms with van der Waals surface area (Å²) < 4.78 is 0. The predicted molar refractivity (Wildman–Crippen MR) is 61.2 cm³/mol. The molecule has 0 heterocycles. The molecule has 0 saturated heterocycles. The highest BCUT2D eigenvalue weighted by Gasteiger charge is 2.12. The number of hydrogen-bond donors (Lipinski definition) is 4. The van der Waals surface area contributed by atoms with Crippen LogP contribution in [0.2, 0.25) is 0 Å². The van der Waals surface area contributed by atoms with Gasteiger partial charge in [0.25, 0.3) is 0 Å². The number of amides is 1. The maximum Gasteiger partial charge on any atom is 0.242 e. The number of nitrogens with one attached hydrogen (secondary N) is 3. The number of carbonyl (C=O) groups excluding carboxylic acids is 1. The van der Waals surface area contributed by atoms with Crippen molar-refractivity contribution in [3.05, 3.63) is 0 Å². The van der Waals surface area contributed by atoms with Crippen LogP contribution in [0.25, 0.3) is 0 Å². The minimum absolute atomic E-state index is 0.0723. The monoisotopic (exact) mass is 215 g/mol. The average molecular weight is 215 g/mol. The first-order chi connectivity index (χ1) is 7.15. The molecule has 15 heavy (non-hydrogen) atoms. The first-order valence-corrected chi connectivity index (χ1v) is 5.21. The SMILES string of the molecule is CCCN=C(NN)NC(C)C(=O)NCC. The number of nitrogens with zero attached hydrogens (tertiary/aromatic N) is 1. The number of rotatable bonds is 5. The van der Waals surface area contributed by atoms with Gasteiger partial charge in [0.05, 0.1) is 0 Å². The Balaban J connectivity index is 4.11. The Labute approximate surface area is 90.7 Å². The zero-order valence-corrected chi connectivity index (χ0v) is 9.63. The third-order valence-corrected chi connectivity index (χ3v) is 1.73. The van der Waals surface area contributed by atoms with Crippen LogP contribution in [0.15, 0.2) is 4.99 Å². The van der Waals surface area contributed by atoms with Gasteiger partial charge < -0.3 is 10.6 Å². The quantitative estimate of drug-likeness (QED) is 0.212. The average Bonchev–Trinajstić information content (AvgIpc) is 2.24. The van der Waals surface area contributed by atoms with Gasteiger partial charge in [0.2, 0.25) is 11.9 Å². The number of hydrazine groups is 1. The summed E-state index contributed by atoms with van der Waals surface area (Å²) in [6.45, 7) is 6.93. The van der Waals surface area contributed by atoms with E-state index in [-0.39, 0.29) is 11.9 Å². The summed E-state index contributed by atoms with van der Waals surface area (Å²) in [6, 6.07) is -0.350. The largest absolute Gasteiger partial charge is 0.355 e. The van der Waals surface area contributed by atoms with Gasteiger partial charge in [-0.15, -0.1) is 0 Å². The molecule has 0 radical (unpaired) electrons. The van der Waals surface area contributed by atoms with E-state index in [9.17, 15) is 4.79 Å². The lowest BCUT2D eigenvalue weighted by molar-refractivity contribution is -0.122. The van der Waals surface area contributed by atoms with Crippen molar-refractivity contribution in [2.24, 2.45) is 10.8 Å². The molecule has 0 aliphatic rings. The number of likely N-dealkylation sites (N-methyl/N-ethyl adjacent to an activating group) is 1. The molecule has 6 heteroatoms. The van der Waals surface area contributed by atoms with Gasteiger partial charge in [0.15, 0.2) is 0 Å². The smallest absolute Gasteiger partial charge is 0.242 e. The fraction of sp³-hybridized carbons (Fsp3) is 0.778. The van der Waals surface area contributed by atoms with Gasteiger partial charge in [-0.3, -0.25) is 15.2 Å². The molecule has 5 N–H and O–H groups in total. The molecule has 1 amide bonds. The summed E-state index contributed by atoms with van der Waals surface area (Å²) in [5.41, 5.74) is 2.42. The Morgan fingerprint density at radius 2 is 2.13 bits per heavy atom. The summed E-state index contributed by atoms with van der Waals surface area (Å²) in [4.78, 5) is 15.5. The third-order valence-electron chi connectivity index (χ3n) is 1.73. The van der Waals surface area contributed by atoms with Gasteiger partial charge in [0, 0.05) is 13.1 Å². The topological polar surface area (TPSA) is 91.5 Å². The van der Waals surface area contributed by atoms with Crippen molar-refractivity contribution < 1.29 is 4.79 Å². The minimum atomic E-state index is -0.350. The number of guanidine groups is 1. The summed E-state index contributed by atoms with van der Waals surface area (Å²) in [5, 5.41) is 5.59. The number of aliphatic imine (C=N–C) groups is 1. The van der Waals surface area contributed by atoms with Crippen LogP contribution >= 0.6 is 0 Å². The van der Waals surface area contributed by atoms with E-state index in [0.29, 0.717) is 19.0 Å². The number of carbonyl (C=O) groups is 1. The van der Waals surface area contributed by atoms with Crippen LogP contribution < -0.4 is 21.9 Å². The fourth-order valence-electron chi connectivity index (χ4n) is 0.955. The first kappa shape index (κ1) is 13.7. The Morgan fingerprint density at radius 1 is 1.47 bits per heavy atom. The molecule has 0 bridgehead atoms. The molecule has 0 aromatic rings. The zero-order chi connectivity index (χ0) is 11.7. The van der Waals surface area contributed by atoms with E-state index in [1.165, 1.54) is 0 Å². The van der Waals surface area contributed by atoms with E-state index in [1.54, 1.807) is 6.92 Å². The molecular weight excluding hydrogens is 194 g/mol. The Morgan fingerprint density at radius 3 is 2.60 bits per heavy atom. The third kappa shape index (κ3) is 5.90. The lowest BCUT2D eigenvalue weighted by atomic mass is 10.3. The molecule has 6 nitrogen and oxygen atoms in total. The molecule has 0 saturated carbocycles. The highest BCUT2D eigenvalue weighted by Crippen LogP contribution is 1.83. The zero-order valence-electron chi connectivity index (χ0n) is 9.63. The maximum absolute atomic E-state index is 11.4. The molecule has 0 aromatic heterocycles. The molecule has 0 aliphatic carbocycles. The van der Waals surface area contributed by atoms with E-state index in [0.717, 1.165) is 6.42 Å². The van der Waals surface area contributed by atoms with Crippen LogP contribution in [0.1, 0.15) is 27.2 Å². The van der Waals surface area contributed by atoms with E-state index >= 15 is 0 Å². The standard InChI is InChI=1S/C9H21N5O/c1-4-6-12-9(14-10)13-7(3)8(15)11-5-2/h7H,4-6,10H2,1-3H3,(H,11,15)(H2,12,13,14). The summed E-state index contributed by atoms with van der Waals surface area (Å²) >= 11 is 0. The van der Waals surface area contributed by atoms with Crippen molar-refractivity contribution in [1.29, 1.82) is 0 Å². The van der Waals surface area contributed by atoms with Crippen molar-refractivity contribution in [3.63, 3.8) is 0 Å². The number of nitrogens with two attached hydrogens (primary N) is 1. The number of hydrogen-bond acceptors (Lipinski definition) is 3. The molecule has 0 aliphatic heterocycles. The van der Waals surface area contributed by atoms with E-state index in [2.05, 4.69) is 21.1 Å². The van der Waals surface area contributed by atoms with Gasteiger partial charge in [0.1, 0.15) is 6.04 Å². The van der Waals surface area contributed by atoms with Crippen molar-refractivity contribution in [2.75, 3.05) is 13.1 Å². The van der Waals surface area contributed by atoms with Gasteiger partial charge in [-0.2, -0.15) is 0 Å². The molecule has 1 unspecified atom stereocenters. The maximum atomic E-state index is 11.4. The molecule has 88 valence electrons. The van der Waals surface area contributed by atoms with Crippen molar-refractivity contribution >= 4 is 11.9 Å². The molecule has 0 rings (SSSR count). The molecule has 1 atom stereocenters. The van der Waals surface area contributed by atoms with Crippen LogP contribution in [0.5, 0.6) is 0 Å². The fourth-order valence-corrected chi connectivity index (χ4v) is 0.955. The predicted octanol–water partition coefficient (Wildman–Crippen LogP) is -0.670. The van der Waals surface area contributed by atoms with Crippen molar-refractivity contribution in [3.8, 4) is 0 Å². The molecule has 0 spiro atoms. The lowest BCUT2D eigenvalue weighted by Crippen LogP contribution is -2.51. The molecule has 0 aromatic carbocycles. The van der Waals surface area contributed by atoms with E-state index in [1.807, 2.05) is 13.8 Å². The van der Waals surface area contributed by atoms with Crippen LogP contribution in [-0.2, 0) is 4.79 Å². The minimum Gasteiger partial charge on any atom is -0.355 e. The Hall–Kier alpha value is -1.30. The van der Waals surface area contributed by atoms with Crippen molar-refractivity contribution in [2.45, 2.75) is 33.2 Å². The van der Waals surface area contributed by atoms with Crippen LogP contribution in [0, 0.1) is 0 Å². The normalized spacial score (nSPS) is 13.2. The molecule has 0 fully saturated rings. The van der Waals surface area contributed by atoms with Gasteiger partial charge in [-0.1, -0.05) is 6.92 Å². The van der Waals surface area contributed by atoms with E-state index in [4.69, 9.17) is 5.84 Å². The summed E-state index contributed by atoms with van der Waals surface area (Å²) in [5.74, 6) is 5.63. The highest BCUT2D eigenvalue weighted by atomic mass is 16.2. The summed E-state index contributed by atoms with van der Waals surface area (Å²) in [6.07, 6.45) is 0.933. The summed E-state index contributed by atoms with van der Waals surface area (Å²) in [7, 11) is 0. The molecular formula is C9H21N5O. The Bertz CT molecular complexity index is 217. The second-order valence-corrected chi connectivity index (χ2v) is 3.14. The van der Waals surface area contributed by atoms with Crippen LogP contribution in [0.4, 0.5) is 0 Å². The first-order valence-electron chi connectivity index (χ1n) is 5.21.